The van der Waals surface area contributed by atoms with Crippen LogP contribution in [0.5, 0.6) is 0 Å². The van der Waals surface area contributed by atoms with Gasteiger partial charge in [0.25, 0.3) is 5.91 Å². The molecule has 0 spiro atoms. The second-order valence-corrected chi connectivity index (χ2v) is 9.31. The normalized spacial score (nSPS) is 11.8. The van der Waals surface area contributed by atoms with Crippen LogP contribution in [0.2, 0.25) is 0 Å². The maximum atomic E-state index is 12.2. The number of rotatable bonds is 7. The lowest BCUT2D eigenvalue weighted by atomic mass is 9.87. The average molecular weight is 436 g/mol. The Labute approximate surface area is 188 Å². The Morgan fingerprint density at radius 2 is 1.77 bits per heavy atom. The van der Waals surface area contributed by atoms with Crippen molar-refractivity contribution in [2.75, 3.05) is 5.75 Å². The third-order valence-electron chi connectivity index (χ3n) is 4.85. The van der Waals surface area contributed by atoms with Gasteiger partial charge in [0, 0.05) is 12.1 Å². The number of carbonyl (C=O) groups is 1. The largest absolute Gasteiger partial charge is 0.302 e. The molecule has 2 aromatic carbocycles. The molecule has 0 bridgehead atoms. The zero-order valence-electron chi connectivity index (χ0n) is 18.7. The number of thioether (sulfide) groups is 1. The Balaban J connectivity index is 1.56. The van der Waals surface area contributed by atoms with Gasteiger partial charge in [-0.3, -0.25) is 4.79 Å². The van der Waals surface area contributed by atoms with Gasteiger partial charge in [0.05, 0.1) is 12.0 Å². The fraction of sp³-hybridized carbons (Fsp3) is 0.333. The summed E-state index contributed by atoms with van der Waals surface area (Å²) in [6.45, 7) is 11.4. The maximum Gasteiger partial charge on any atom is 0.250 e. The van der Waals surface area contributed by atoms with Gasteiger partial charge in [-0.05, 0) is 30.4 Å². The number of amides is 1. The van der Waals surface area contributed by atoms with Gasteiger partial charge >= 0.3 is 0 Å². The molecule has 0 saturated heterocycles. The van der Waals surface area contributed by atoms with E-state index >= 15 is 0 Å². The fourth-order valence-electron chi connectivity index (χ4n) is 3.01. The van der Waals surface area contributed by atoms with Crippen molar-refractivity contribution in [3.05, 3.63) is 65.2 Å². The van der Waals surface area contributed by atoms with Crippen LogP contribution in [0, 0.1) is 6.92 Å². The van der Waals surface area contributed by atoms with E-state index in [9.17, 15) is 4.79 Å². The van der Waals surface area contributed by atoms with Gasteiger partial charge in [0.1, 0.15) is 0 Å². The van der Waals surface area contributed by atoms with E-state index in [0.717, 1.165) is 28.7 Å². The lowest BCUT2D eigenvalue weighted by molar-refractivity contribution is -0.118. The van der Waals surface area contributed by atoms with Crippen LogP contribution in [-0.4, -0.2) is 32.6 Å². The second-order valence-electron chi connectivity index (χ2n) is 8.37. The Hall–Kier alpha value is -2.93. The summed E-state index contributed by atoms with van der Waals surface area (Å²) in [6, 6.07) is 16.4. The number of nitrogens with one attached hydrogen (secondary N) is 1. The average Bonchev–Trinajstić information content (AvgIpc) is 3.15. The highest BCUT2D eigenvalue weighted by Gasteiger charge is 2.15. The molecule has 0 aliphatic rings. The number of aromatic nitrogens is 3. The summed E-state index contributed by atoms with van der Waals surface area (Å²) in [7, 11) is 0. The molecule has 1 N–H and O–H groups in total. The van der Waals surface area contributed by atoms with Crippen LogP contribution in [0.1, 0.15) is 44.4 Å². The molecule has 3 aromatic rings. The number of aryl methyl sites for hydroxylation is 1. The van der Waals surface area contributed by atoms with Gasteiger partial charge in [-0.15, -0.1) is 10.2 Å². The Morgan fingerprint density at radius 1 is 1.10 bits per heavy atom. The third-order valence-corrected chi connectivity index (χ3v) is 5.82. The molecular formula is C24H29N5OS. The number of hydrogen-bond donors (Lipinski definition) is 1. The maximum absolute atomic E-state index is 12.2. The number of hydrazone groups is 1. The monoisotopic (exact) mass is 435 g/mol. The highest BCUT2D eigenvalue weighted by Crippen LogP contribution is 2.24. The smallest absolute Gasteiger partial charge is 0.250 e. The lowest BCUT2D eigenvalue weighted by Gasteiger charge is -2.18. The molecule has 0 aliphatic carbocycles. The Kier molecular flexibility index (Phi) is 7.28. The van der Waals surface area contributed by atoms with Crippen LogP contribution < -0.4 is 5.43 Å². The van der Waals surface area contributed by atoms with E-state index in [1.54, 1.807) is 6.21 Å². The Morgan fingerprint density at radius 3 is 2.39 bits per heavy atom. The molecular weight excluding hydrogens is 406 g/mol. The molecule has 0 aliphatic heterocycles. The predicted molar refractivity (Wildman–Crippen MR) is 127 cm³/mol. The van der Waals surface area contributed by atoms with Gasteiger partial charge in [-0.25, -0.2) is 5.43 Å². The minimum absolute atomic E-state index is 0.111. The summed E-state index contributed by atoms with van der Waals surface area (Å²) in [5, 5.41) is 13.4. The highest BCUT2D eigenvalue weighted by atomic mass is 32.2. The van der Waals surface area contributed by atoms with Crippen LogP contribution in [0.25, 0.3) is 11.4 Å². The topological polar surface area (TPSA) is 72.2 Å². The van der Waals surface area contributed by atoms with Gasteiger partial charge in [0.15, 0.2) is 11.0 Å². The minimum atomic E-state index is -0.185. The van der Waals surface area contributed by atoms with Crippen molar-refractivity contribution in [2.45, 2.75) is 51.7 Å². The summed E-state index contributed by atoms with van der Waals surface area (Å²) in [5.41, 5.74) is 7.10. The zero-order valence-corrected chi connectivity index (χ0v) is 19.5. The number of carbonyl (C=O) groups excluding carboxylic acids is 1. The summed E-state index contributed by atoms with van der Waals surface area (Å²) in [4.78, 5) is 12.2. The molecule has 0 atom stereocenters. The van der Waals surface area contributed by atoms with Crippen LogP contribution in [-0.2, 0) is 16.8 Å². The standard InChI is InChI=1S/C24H29N5OS/c1-6-29-22(19-11-7-17(2)8-12-19)27-28-23(29)31-16-21(30)26-25-15-18-9-13-20(14-10-18)24(3,4)5/h7-15H,6,16H2,1-5H3,(H,26,30)/b25-15-. The molecule has 0 saturated carbocycles. The fourth-order valence-corrected chi connectivity index (χ4v) is 3.80. The zero-order chi connectivity index (χ0) is 22.4. The van der Waals surface area contributed by atoms with Gasteiger partial charge in [0.2, 0.25) is 0 Å². The molecule has 0 fully saturated rings. The summed E-state index contributed by atoms with van der Waals surface area (Å²) in [6.07, 6.45) is 1.65. The molecule has 1 heterocycles. The van der Waals surface area contributed by atoms with Crippen LogP contribution in [0.15, 0.2) is 58.8 Å². The van der Waals surface area contributed by atoms with E-state index in [0.29, 0.717) is 0 Å². The van der Waals surface area contributed by atoms with E-state index < -0.39 is 0 Å². The molecule has 31 heavy (non-hydrogen) atoms. The first-order valence-corrected chi connectivity index (χ1v) is 11.3. The Bertz CT molecular complexity index is 1050. The molecule has 162 valence electrons. The number of hydrogen-bond acceptors (Lipinski definition) is 5. The first kappa shape index (κ1) is 22.7. The van der Waals surface area contributed by atoms with Crippen molar-refractivity contribution in [3.8, 4) is 11.4 Å². The van der Waals surface area contributed by atoms with Gasteiger partial charge < -0.3 is 4.57 Å². The highest BCUT2D eigenvalue weighted by molar-refractivity contribution is 7.99. The molecule has 1 amide bonds. The van der Waals surface area contributed by atoms with Crippen molar-refractivity contribution >= 4 is 23.9 Å². The molecule has 3 rings (SSSR count). The van der Waals surface area contributed by atoms with E-state index in [4.69, 9.17) is 0 Å². The molecule has 7 heteroatoms. The van der Waals surface area contributed by atoms with Crippen molar-refractivity contribution in [3.63, 3.8) is 0 Å². The summed E-state index contributed by atoms with van der Waals surface area (Å²) < 4.78 is 2.02. The first-order chi connectivity index (χ1) is 14.8. The van der Waals surface area contributed by atoms with E-state index in [-0.39, 0.29) is 17.1 Å². The number of benzene rings is 2. The SMILES string of the molecule is CCn1c(SCC(=O)N/N=C\c2ccc(C(C)(C)C)cc2)nnc1-c1ccc(C)cc1. The molecule has 6 nitrogen and oxygen atoms in total. The van der Waals surface area contributed by atoms with E-state index in [1.165, 1.54) is 22.9 Å². The van der Waals surface area contributed by atoms with Crippen molar-refractivity contribution in [1.29, 1.82) is 0 Å². The quantitative estimate of drug-likeness (QED) is 0.328. The summed E-state index contributed by atoms with van der Waals surface area (Å²) in [5.74, 6) is 0.837. The van der Waals surface area contributed by atoms with Gasteiger partial charge in [-0.2, -0.15) is 5.10 Å². The van der Waals surface area contributed by atoms with Crippen molar-refractivity contribution < 1.29 is 4.79 Å². The molecule has 1 aromatic heterocycles. The predicted octanol–water partition coefficient (Wildman–Crippen LogP) is 4.81. The third kappa shape index (κ3) is 6.04. The molecule has 0 unspecified atom stereocenters. The minimum Gasteiger partial charge on any atom is -0.302 e. The van der Waals surface area contributed by atoms with E-state index in [2.05, 4.69) is 72.7 Å². The first-order valence-electron chi connectivity index (χ1n) is 10.3. The number of nitrogens with zero attached hydrogens (tertiary/aromatic N) is 4. The van der Waals surface area contributed by atoms with Crippen molar-refractivity contribution in [1.82, 2.24) is 20.2 Å². The van der Waals surface area contributed by atoms with Crippen LogP contribution in [0.4, 0.5) is 0 Å². The molecule has 0 radical (unpaired) electrons. The summed E-state index contributed by atoms with van der Waals surface area (Å²) >= 11 is 1.35. The van der Waals surface area contributed by atoms with E-state index in [1.807, 2.05) is 35.8 Å². The van der Waals surface area contributed by atoms with Gasteiger partial charge in [-0.1, -0.05) is 86.6 Å². The second kappa shape index (κ2) is 9.92. The van der Waals surface area contributed by atoms with Crippen LogP contribution in [0.3, 0.4) is 0 Å². The van der Waals surface area contributed by atoms with Crippen LogP contribution >= 0.6 is 11.8 Å². The van der Waals surface area contributed by atoms with Crippen molar-refractivity contribution in [2.24, 2.45) is 5.10 Å². The lowest BCUT2D eigenvalue weighted by Crippen LogP contribution is -2.20.